The Labute approximate surface area is 198 Å². The topological polar surface area (TPSA) is 59.3 Å². The maximum absolute atomic E-state index is 13.4. The Balaban J connectivity index is 1.78. The van der Waals surface area contributed by atoms with Crippen molar-refractivity contribution in [2.24, 2.45) is 10.9 Å². The fraction of sp³-hybridized carbons (Fsp3) is 0.261. The molecule has 5 nitrogen and oxygen atoms in total. The summed E-state index contributed by atoms with van der Waals surface area (Å²) < 4.78 is 41.3. The Kier molecular flexibility index (Phi) is 6.24. The summed E-state index contributed by atoms with van der Waals surface area (Å²) in [5, 5.41) is 7.22. The lowest BCUT2D eigenvalue weighted by Crippen LogP contribution is -2.43. The fourth-order valence-electron chi connectivity index (χ4n) is 3.92. The van der Waals surface area contributed by atoms with Crippen LogP contribution in [0.15, 0.2) is 59.6 Å². The largest absolute Gasteiger partial charge is 0.435 e. The quantitative estimate of drug-likeness (QED) is 0.456. The molecule has 3 unspecified atom stereocenters. The summed E-state index contributed by atoms with van der Waals surface area (Å²) in [5.74, 6) is -1.30. The Hall–Kier alpha value is -2.84. The maximum atomic E-state index is 13.4. The molecule has 172 valence electrons. The van der Waals surface area contributed by atoms with Crippen molar-refractivity contribution < 1.29 is 18.0 Å². The molecule has 3 atom stereocenters. The molecule has 2 aromatic carbocycles. The van der Waals surface area contributed by atoms with Gasteiger partial charge >= 0.3 is 6.18 Å². The van der Waals surface area contributed by atoms with Gasteiger partial charge in [0.25, 0.3) is 0 Å². The van der Waals surface area contributed by atoms with E-state index in [0.717, 1.165) is 16.3 Å². The minimum Gasteiger partial charge on any atom is -0.349 e. The van der Waals surface area contributed by atoms with E-state index in [0.29, 0.717) is 11.3 Å². The second-order valence-electron chi connectivity index (χ2n) is 7.82. The molecule has 0 bridgehead atoms. The van der Waals surface area contributed by atoms with Gasteiger partial charge in [0.15, 0.2) is 11.5 Å². The van der Waals surface area contributed by atoms with Gasteiger partial charge in [0.1, 0.15) is 5.92 Å². The lowest BCUT2D eigenvalue weighted by Gasteiger charge is -2.32. The summed E-state index contributed by atoms with van der Waals surface area (Å²) in [4.78, 5) is 17.7. The number of aliphatic imine (C=N–C) groups is 1. The third kappa shape index (κ3) is 4.63. The van der Waals surface area contributed by atoms with Gasteiger partial charge in [-0.05, 0) is 37.1 Å². The van der Waals surface area contributed by atoms with Gasteiger partial charge in [-0.25, -0.2) is 9.67 Å². The van der Waals surface area contributed by atoms with Crippen LogP contribution in [-0.2, 0) is 11.0 Å². The summed E-state index contributed by atoms with van der Waals surface area (Å²) >= 11 is 12.2. The zero-order valence-corrected chi connectivity index (χ0v) is 19.1. The molecule has 0 spiro atoms. The number of halogens is 5. The Morgan fingerprint density at radius 3 is 2.42 bits per heavy atom. The lowest BCUT2D eigenvalue weighted by atomic mass is 9.87. The van der Waals surface area contributed by atoms with Crippen LogP contribution in [0.3, 0.4) is 0 Å². The summed E-state index contributed by atoms with van der Waals surface area (Å²) in [7, 11) is 0. The minimum atomic E-state index is -4.66. The average Bonchev–Trinajstić information content (AvgIpc) is 3.19. The molecule has 1 aliphatic rings. The average molecular weight is 495 g/mol. The van der Waals surface area contributed by atoms with Crippen molar-refractivity contribution in [3.8, 4) is 0 Å². The van der Waals surface area contributed by atoms with E-state index in [1.165, 1.54) is 12.1 Å². The predicted molar refractivity (Wildman–Crippen MR) is 121 cm³/mol. The molecule has 0 fully saturated rings. The van der Waals surface area contributed by atoms with Gasteiger partial charge in [0.2, 0.25) is 5.91 Å². The van der Waals surface area contributed by atoms with Crippen LogP contribution in [0.25, 0.3) is 0 Å². The number of rotatable bonds is 4. The van der Waals surface area contributed by atoms with E-state index < -0.39 is 29.7 Å². The van der Waals surface area contributed by atoms with Crippen molar-refractivity contribution in [2.45, 2.75) is 32.1 Å². The number of nitrogens with one attached hydrogen (secondary N) is 1. The molecule has 0 radical (unpaired) electrons. The molecule has 10 heteroatoms. The van der Waals surface area contributed by atoms with E-state index in [2.05, 4.69) is 15.4 Å². The summed E-state index contributed by atoms with van der Waals surface area (Å²) in [6, 6.07) is 13.7. The van der Waals surface area contributed by atoms with Gasteiger partial charge < -0.3 is 5.32 Å². The Bertz CT molecular complexity index is 1220. The molecule has 2 heterocycles. The highest BCUT2D eigenvalue weighted by molar-refractivity contribution is 6.42. The van der Waals surface area contributed by atoms with Crippen LogP contribution in [0, 0.1) is 5.92 Å². The van der Waals surface area contributed by atoms with Crippen LogP contribution in [-0.4, -0.2) is 21.4 Å². The zero-order valence-electron chi connectivity index (χ0n) is 17.6. The molecule has 0 saturated carbocycles. The molecule has 3 aromatic rings. The number of hydrogen-bond donors (Lipinski definition) is 1. The number of fused-ring (bicyclic) bond motifs is 1. The van der Waals surface area contributed by atoms with Crippen LogP contribution < -0.4 is 5.32 Å². The molecule has 33 heavy (non-hydrogen) atoms. The molecule has 0 saturated heterocycles. The standard InChI is InChI=1S/C23H19Cl2F3N4O/c1-12(14-6-4-3-5-7-14)30-22(33)20-13(2)29-19-11-18(23(26,27)28)31-32(19)21(20)15-8-9-16(24)17(25)10-15/h3-12,20-21H,1-2H3,(H,30,33). The number of amides is 1. The minimum absolute atomic E-state index is 0.0102. The van der Waals surface area contributed by atoms with Crippen molar-refractivity contribution in [3.63, 3.8) is 0 Å². The number of carbonyl (C=O) groups excluding carboxylic acids is 1. The maximum Gasteiger partial charge on any atom is 0.435 e. The van der Waals surface area contributed by atoms with E-state index >= 15 is 0 Å². The van der Waals surface area contributed by atoms with Gasteiger partial charge in [-0.1, -0.05) is 59.6 Å². The van der Waals surface area contributed by atoms with Gasteiger partial charge in [-0.2, -0.15) is 18.3 Å². The van der Waals surface area contributed by atoms with E-state index in [9.17, 15) is 18.0 Å². The van der Waals surface area contributed by atoms with Crippen molar-refractivity contribution >= 4 is 40.6 Å². The Morgan fingerprint density at radius 2 is 1.79 bits per heavy atom. The first-order chi connectivity index (χ1) is 15.6. The molecule has 1 aliphatic heterocycles. The summed E-state index contributed by atoms with van der Waals surface area (Å²) in [6.07, 6.45) is -4.66. The summed E-state index contributed by atoms with van der Waals surface area (Å²) in [6.45, 7) is 3.45. The highest BCUT2D eigenvalue weighted by atomic mass is 35.5. The molecule has 0 aliphatic carbocycles. The van der Waals surface area contributed by atoms with Crippen LogP contribution in [0.1, 0.15) is 42.8 Å². The first kappa shape index (κ1) is 23.3. The second-order valence-corrected chi connectivity index (χ2v) is 8.63. The van der Waals surface area contributed by atoms with E-state index in [1.807, 2.05) is 37.3 Å². The first-order valence-corrected chi connectivity index (χ1v) is 10.8. The number of alkyl halides is 3. The normalized spacial score (nSPS) is 18.9. The van der Waals surface area contributed by atoms with Crippen LogP contribution in [0.5, 0.6) is 0 Å². The summed E-state index contributed by atoms with van der Waals surface area (Å²) in [5.41, 5.74) is 0.661. The lowest BCUT2D eigenvalue weighted by molar-refractivity contribution is -0.141. The number of nitrogens with zero attached hydrogens (tertiary/aromatic N) is 3. The van der Waals surface area contributed by atoms with Gasteiger partial charge in [-0.3, -0.25) is 4.79 Å². The fourth-order valence-corrected chi connectivity index (χ4v) is 4.23. The predicted octanol–water partition coefficient (Wildman–Crippen LogP) is 6.40. The second kappa shape index (κ2) is 8.83. The highest BCUT2D eigenvalue weighted by Crippen LogP contribution is 2.41. The van der Waals surface area contributed by atoms with Gasteiger partial charge in [-0.15, -0.1) is 0 Å². The van der Waals surface area contributed by atoms with E-state index in [1.54, 1.807) is 13.0 Å². The smallest absolute Gasteiger partial charge is 0.349 e. The molecular weight excluding hydrogens is 476 g/mol. The van der Waals surface area contributed by atoms with Crippen molar-refractivity contribution in [1.82, 2.24) is 15.1 Å². The number of hydrogen-bond acceptors (Lipinski definition) is 3. The Morgan fingerprint density at radius 1 is 1.09 bits per heavy atom. The molecule has 1 N–H and O–H groups in total. The van der Waals surface area contributed by atoms with Crippen LogP contribution in [0.2, 0.25) is 10.0 Å². The van der Waals surface area contributed by atoms with Crippen molar-refractivity contribution in [3.05, 3.63) is 81.5 Å². The SMILES string of the molecule is CC1=Nc2cc(C(F)(F)F)nn2C(c2ccc(Cl)c(Cl)c2)C1C(=O)NC(C)c1ccccc1. The van der Waals surface area contributed by atoms with Gasteiger partial charge in [0, 0.05) is 11.8 Å². The third-order valence-electron chi connectivity index (χ3n) is 5.55. The zero-order chi connectivity index (χ0) is 23.9. The highest BCUT2D eigenvalue weighted by Gasteiger charge is 2.42. The van der Waals surface area contributed by atoms with Crippen molar-refractivity contribution in [2.75, 3.05) is 0 Å². The molecule has 1 aromatic heterocycles. The monoisotopic (exact) mass is 494 g/mol. The molecule has 4 rings (SSSR count). The van der Waals surface area contributed by atoms with Crippen LogP contribution >= 0.6 is 23.2 Å². The number of carbonyl (C=O) groups is 1. The van der Waals surface area contributed by atoms with E-state index in [4.69, 9.17) is 23.2 Å². The van der Waals surface area contributed by atoms with Gasteiger partial charge in [0.05, 0.1) is 22.1 Å². The first-order valence-electron chi connectivity index (χ1n) is 10.1. The molecule has 1 amide bonds. The number of benzene rings is 2. The van der Waals surface area contributed by atoms with E-state index in [-0.39, 0.29) is 21.9 Å². The number of aromatic nitrogens is 2. The van der Waals surface area contributed by atoms with Crippen LogP contribution in [0.4, 0.5) is 19.0 Å². The third-order valence-corrected chi connectivity index (χ3v) is 6.29. The molecular formula is C23H19Cl2F3N4O. The van der Waals surface area contributed by atoms with Crippen molar-refractivity contribution in [1.29, 1.82) is 0 Å².